The Labute approximate surface area is 200 Å². The number of hydrogen-bond donors (Lipinski definition) is 2. The van der Waals surface area contributed by atoms with Gasteiger partial charge in [-0.3, -0.25) is 14.4 Å². The minimum absolute atomic E-state index is 0.143. The van der Waals surface area contributed by atoms with Crippen molar-refractivity contribution in [3.05, 3.63) is 35.9 Å². The van der Waals surface area contributed by atoms with E-state index in [1.165, 1.54) is 4.90 Å². The zero-order valence-electron chi connectivity index (χ0n) is 20.1. The molecule has 2 saturated heterocycles. The molecule has 3 rings (SSSR count). The Hall–Kier alpha value is -2.94. The fourth-order valence-corrected chi connectivity index (χ4v) is 4.06. The third-order valence-electron chi connectivity index (χ3n) is 6.37. The Morgan fingerprint density at radius 3 is 2.50 bits per heavy atom. The number of esters is 1. The first-order valence-corrected chi connectivity index (χ1v) is 12.1. The molecule has 3 amide bonds. The average Bonchev–Trinajstić information content (AvgIpc) is 3.52. The summed E-state index contributed by atoms with van der Waals surface area (Å²) >= 11 is 0. The van der Waals surface area contributed by atoms with Crippen molar-refractivity contribution < 1.29 is 28.7 Å². The lowest BCUT2D eigenvalue weighted by molar-refractivity contribution is -0.155. The molecule has 0 saturated carbocycles. The number of carbonyl (C=O) groups excluding carboxylic acids is 4. The monoisotopic (exact) mass is 473 g/mol. The summed E-state index contributed by atoms with van der Waals surface area (Å²) < 4.78 is 10.7. The van der Waals surface area contributed by atoms with E-state index in [1.807, 2.05) is 51.1 Å². The van der Waals surface area contributed by atoms with Gasteiger partial charge in [0.2, 0.25) is 5.91 Å². The maximum atomic E-state index is 13.5. The number of hydrogen-bond acceptors (Lipinski definition) is 6. The van der Waals surface area contributed by atoms with Crippen molar-refractivity contribution in [2.75, 3.05) is 13.1 Å². The lowest BCUT2D eigenvalue weighted by Crippen LogP contribution is -2.55. The summed E-state index contributed by atoms with van der Waals surface area (Å²) in [6.07, 6.45) is 0.910. The summed E-state index contributed by atoms with van der Waals surface area (Å²) in [5, 5.41) is 5.48. The normalized spacial score (nSPS) is 23.0. The van der Waals surface area contributed by atoms with Crippen LogP contribution in [0.15, 0.2) is 30.3 Å². The highest BCUT2D eigenvalue weighted by molar-refractivity contribution is 5.97. The number of rotatable bonds is 11. The zero-order valence-corrected chi connectivity index (χ0v) is 20.1. The quantitative estimate of drug-likeness (QED) is 0.372. The number of likely N-dealkylation sites (tertiary alicyclic amines) is 1. The number of carbonyl (C=O) groups is 4. The van der Waals surface area contributed by atoms with E-state index in [9.17, 15) is 19.2 Å². The smallest absolute Gasteiger partial charge is 0.329 e. The Bertz CT molecular complexity index is 877. The van der Waals surface area contributed by atoms with Crippen molar-refractivity contribution in [1.29, 1.82) is 0 Å². The Balaban J connectivity index is 1.60. The van der Waals surface area contributed by atoms with Crippen molar-refractivity contribution in [3.63, 3.8) is 0 Å². The number of epoxide rings is 1. The fourth-order valence-electron chi connectivity index (χ4n) is 4.06. The van der Waals surface area contributed by atoms with E-state index in [2.05, 4.69) is 10.6 Å². The second-order valence-corrected chi connectivity index (χ2v) is 8.92. The molecule has 0 radical (unpaired) electrons. The molecule has 2 aliphatic rings. The molecule has 5 atom stereocenters. The lowest BCUT2D eigenvalue weighted by Gasteiger charge is -2.31. The van der Waals surface area contributed by atoms with E-state index >= 15 is 0 Å². The van der Waals surface area contributed by atoms with Crippen molar-refractivity contribution in [3.8, 4) is 0 Å². The zero-order chi connectivity index (χ0) is 24.7. The maximum Gasteiger partial charge on any atom is 0.329 e. The van der Waals surface area contributed by atoms with Gasteiger partial charge in [-0.1, -0.05) is 57.5 Å². The summed E-state index contributed by atoms with van der Waals surface area (Å²) in [7, 11) is 0. The maximum absolute atomic E-state index is 13.5. The summed E-state index contributed by atoms with van der Waals surface area (Å²) in [6.45, 7) is 6.82. The van der Waals surface area contributed by atoms with Gasteiger partial charge < -0.3 is 25.0 Å². The van der Waals surface area contributed by atoms with E-state index in [4.69, 9.17) is 9.47 Å². The fraction of sp³-hybridized carbons (Fsp3) is 0.600. The van der Waals surface area contributed by atoms with E-state index in [1.54, 1.807) is 0 Å². The van der Waals surface area contributed by atoms with Crippen LogP contribution in [0.5, 0.6) is 0 Å². The van der Waals surface area contributed by atoms with Crippen molar-refractivity contribution >= 4 is 23.7 Å². The van der Waals surface area contributed by atoms with Gasteiger partial charge >= 0.3 is 5.97 Å². The SMILES string of the molecule is CCCNC(=O)C1OC1C(=O)NC(C(=O)N1CCCC1C(=O)OCc1ccccc1)C(C)CC. The Morgan fingerprint density at radius 1 is 1.12 bits per heavy atom. The molecule has 1 aromatic carbocycles. The van der Waals surface area contributed by atoms with Gasteiger partial charge in [0.25, 0.3) is 11.8 Å². The second-order valence-electron chi connectivity index (χ2n) is 8.92. The summed E-state index contributed by atoms with van der Waals surface area (Å²) in [5.41, 5.74) is 0.874. The number of ether oxygens (including phenoxy) is 2. The Morgan fingerprint density at radius 2 is 1.82 bits per heavy atom. The molecule has 0 spiro atoms. The molecular weight excluding hydrogens is 438 g/mol. The van der Waals surface area contributed by atoms with Crippen LogP contribution >= 0.6 is 0 Å². The molecule has 186 valence electrons. The predicted molar refractivity (Wildman–Crippen MR) is 124 cm³/mol. The van der Waals surface area contributed by atoms with Gasteiger partial charge in [0.15, 0.2) is 12.2 Å². The standard InChI is InChI=1S/C25H35N3O6/c1-4-13-26-22(29)20-21(34-20)23(30)27-19(16(3)5-2)24(31)28-14-9-12-18(28)25(32)33-15-17-10-7-6-8-11-17/h6-8,10-11,16,18-21H,4-5,9,12-15H2,1-3H3,(H,26,29)(H,27,30). The molecule has 0 aromatic heterocycles. The summed E-state index contributed by atoms with van der Waals surface area (Å²) in [6, 6.07) is 7.88. The van der Waals surface area contributed by atoms with Gasteiger partial charge in [0, 0.05) is 13.1 Å². The average molecular weight is 474 g/mol. The van der Waals surface area contributed by atoms with Crippen molar-refractivity contribution in [1.82, 2.24) is 15.5 Å². The lowest BCUT2D eigenvalue weighted by atomic mass is 9.97. The molecule has 9 nitrogen and oxygen atoms in total. The molecule has 2 N–H and O–H groups in total. The number of benzene rings is 1. The molecule has 1 aromatic rings. The first-order chi connectivity index (χ1) is 16.4. The van der Waals surface area contributed by atoms with E-state index < -0.39 is 36.2 Å². The van der Waals surface area contributed by atoms with E-state index in [0.29, 0.717) is 32.4 Å². The molecule has 9 heteroatoms. The van der Waals surface area contributed by atoms with Gasteiger partial charge in [-0.25, -0.2) is 4.79 Å². The summed E-state index contributed by atoms with van der Waals surface area (Å²) in [5.74, 6) is -1.73. The predicted octanol–water partition coefficient (Wildman–Crippen LogP) is 1.55. The number of amides is 3. The molecular formula is C25H35N3O6. The molecule has 2 heterocycles. The highest BCUT2D eigenvalue weighted by Gasteiger charge is 2.51. The highest BCUT2D eigenvalue weighted by atomic mass is 16.6. The summed E-state index contributed by atoms with van der Waals surface area (Å²) in [4.78, 5) is 52.5. The van der Waals surface area contributed by atoms with Crippen LogP contribution < -0.4 is 10.6 Å². The molecule has 5 unspecified atom stereocenters. The third kappa shape index (κ3) is 6.34. The van der Waals surface area contributed by atoms with Crippen molar-refractivity contribution in [2.45, 2.75) is 77.4 Å². The number of nitrogens with zero attached hydrogens (tertiary/aromatic N) is 1. The van der Waals surface area contributed by atoms with Crippen LogP contribution in [-0.4, -0.2) is 66.0 Å². The second kappa shape index (κ2) is 12.0. The van der Waals surface area contributed by atoms with Gasteiger partial charge in [0.1, 0.15) is 18.7 Å². The van der Waals surface area contributed by atoms with Gasteiger partial charge in [-0.15, -0.1) is 0 Å². The third-order valence-corrected chi connectivity index (χ3v) is 6.37. The van der Waals surface area contributed by atoms with Crippen LogP contribution in [0.25, 0.3) is 0 Å². The molecule has 34 heavy (non-hydrogen) atoms. The topological polar surface area (TPSA) is 117 Å². The van der Waals surface area contributed by atoms with Crippen LogP contribution in [0.1, 0.15) is 52.0 Å². The minimum atomic E-state index is -0.901. The van der Waals surface area contributed by atoms with E-state index in [0.717, 1.165) is 12.0 Å². The van der Waals surface area contributed by atoms with Crippen LogP contribution in [-0.2, 0) is 35.3 Å². The largest absolute Gasteiger partial charge is 0.459 e. The van der Waals surface area contributed by atoms with Gasteiger partial charge in [0.05, 0.1) is 0 Å². The van der Waals surface area contributed by atoms with Crippen LogP contribution in [0.3, 0.4) is 0 Å². The van der Waals surface area contributed by atoms with Crippen LogP contribution in [0, 0.1) is 5.92 Å². The molecule has 2 aliphatic heterocycles. The minimum Gasteiger partial charge on any atom is -0.459 e. The first-order valence-electron chi connectivity index (χ1n) is 12.1. The molecule has 0 aliphatic carbocycles. The molecule has 0 bridgehead atoms. The number of nitrogens with one attached hydrogen (secondary N) is 2. The highest BCUT2D eigenvalue weighted by Crippen LogP contribution is 2.25. The van der Waals surface area contributed by atoms with E-state index in [-0.39, 0.29) is 24.3 Å². The Kier molecular flexibility index (Phi) is 9.04. The molecule has 2 fully saturated rings. The van der Waals surface area contributed by atoms with Crippen LogP contribution in [0.4, 0.5) is 0 Å². The van der Waals surface area contributed by atoms with Gasteiger partial charge in [-0.2, -0.15) is 0 Å². The van der Waals surface area contributed by atoms with Gasteiger partial charge in [-0.05, 0) is 30.7 Å². The first kappa shape index (κ1) is 25.7. The van der Waals surface area contributed by atoms with Crippen molar-refractivity contribution in [2.24, 2.45) is 5.92 Å². The van der Waals surface area contributed by atoms with Crippen LogP contribution in [0.2, 0.25) is 0 Å².